The number of likely N-dealkylation sites (tertiary alicyclic amines) is 1. The molecule has 4 rings (SSSR count). The first-order valence-corrected chi connectivity index (χ1v) is 10.8. The van der Waals surface area contributed by atoms with Crippen LogP contribution in [0.15, 0.2) is 60.8 Å². The van der Waals surface area contributed by atoms with Crippen LogP contribution in [0.2, 0.25) is 0 Å². The first-order chi connectivity index (χ1) is 14.5. The van der Waals surface area contributed by atoms with Crippen molar-refractivity contribution in [2.24, 2.45) is 5.92 Å². The standard InChI is InChI=1S/C26H30N2O2/c1-4-25(29)28-15-13-23(14-16-28)26(2,30-3)22-11-9-19(10-12-22)21-17-20-7-5-6-8-24(20)27-18-21/h5-12,17-18,23H,4,13-16H2,1-3H3. The van der Waals surface area contributed by atoms with E-state index in [9.17, 15) is 4.79 Å². The van der Waals surface area contributed by atoms with Crippen LogP contribution >= 0.6 is 0 Å². The summed E-state index contributed by atoms with van der Waals surface area (Å²) in [7, 11) is 1.80. The fraction of sp³-hybridized carbons (Fsp3) is 0.385. The highest BCUT2D eigenvalue weighted by Gasteiger charge is 2.38. The lowest BCUT2D eigenvalue weighted by atomic mass is 9.77. The number of fused-ring (bicyclic) bond motifs is 1. The van der Waals surface area contributed by atoms with Crippen LogP contribution in [0.3, 0.4) is 0 Å². The molecule has 3 aromatic rings. The van der Waals surface area contributed by atoms with Gasteiger partial charge in [0, 0.05) is 43.8 Å². The fourth-order valence-corrected chi connectivity index (χ4v) is 4.65. The SMILES string of the molecule is CCC(=O)N1CCC(C(C)(OC)c2ccc(-c3cnc4ccccc4c3)cc2)CC1. The van der Waals surface area contributed by atoms with E-state index in [-0.39, 0.29) is 11.5 Å². The molecule has 30 heavy (non-hydrogen) atoms. The molecule has 2 heterocycles. The third-order valence-electron chi connectivity index (χ3n) is 6.74. The second-order valence-electron chi connectivity index (χ2n) is 8.31. The van der Waals surface area contributed by atoms with Gasteiger partial charge in [-0.15, -0.1) is 0 Å². The average molecular weight is 403 g/mol. The normalized spacial score (nSPS) is 17.1. The van der Waals surface area contributed by atoms with Gasteiger partial charge in [0.15, 0.2) is 0 Å². The van der Waals surface area contributed by atoms with Gasteiger partial charge in [-0.25, -0.2) is 0 Å². The van der Waals surface area contributed by atoms with E-state index in [1.807, 2.05) is 36.2 Å². The number of amides is 1. The molecule has 1 saturated heterocycles. The second-order valence-corrected chi connectivity index (χ2v) is 8.31. The lowest BCUT2D eigenvalue weighted by Gasteiger charge is -2.42. The molecule has 1 aliphatic heterocycles. The molecule has 156 valence electrons. The Morgan fingerprint density at radius 3 is 2.47 bits per heavy atom. The van der Waals surface area contributed by atoms with E-state index >= 15 is 0 Å². The molecule has 1 atom stereocenters. The number of pyridine rings is 1. The molecular formula is C26H30N2O2. The maximum Gasteiger partial charge on any atom is 0.222 e. The second kappa shape index (κ2) is 8.57. The molecule has 1 aromatic heterocycles. The van der Waals surface area contributed by atoms with Gasteiger partial charge >= 0.3 is 0 Å². The highest BCUT2D eigenvalue weighted by Crippen LogP contribution is 2.40. The van der Waals surface area contributed by atoms with Crippen LogP contribution in [0.1, 0.15) is 38.7 Å². The van der Waals surface area contributed by atoms with Gasteiger partial charge in [-0.05, 0) is 48.9 Å². The summed E-state index contributed by atoms with van der Waals surface area (Å²) in [5.74, 6) is 0.637. The number of piperidine rings is 1. The Morgan fingerprint density at radius 1 is 1.10 bits per heavy atom. The van der Waals surface area contributed by atoms with E-state index in [2.05, 4.69) is 48.3 Å². The smallest absolute Gasteiger partial charge is 0.222 e. The number of hydrogen-bond acceptors (Lipinski definition) is 3. The van der Waals surface area contributed by atoms with E-state index < -0.39 is 0 Å². The molecule has 4 nitrogen and oxygen atoms in total. The van der Waals surface area contributed by atoms with Gasteiger partial charge in [-0.3, -0.25) is 9.78 Å². The van der Waals surface area contributed by atoms with E-state index in [4.69, 9.17) is 4.74 Å². The maximum atomic E-state index is 12.0. The van der Waals surface area contributed by atoms with Crippen molar-refractivity contribution in [2.45, 2.75) is 38.7 Å². The molecule has 4 heteroatoms. The number of para-hydroxylation sites is 1. The molecule has 0 saturated carbocycles. The number of carbonyl (C=O) groups excluding carboxylic acids is 1. The molecule has 1 fully saturated rings. The number of nitrogens with zero attached hydrogens (tertiary/aromatic N) is 2. The third-order valence-corrected chi connectivity index (χ3v) is 6.74. The molecule has 0 bridgehead atoms. The van der Waals surface area contributed by atoms with Crippen LogP contribution < -0.4 is 0 Å². The highest BCUT2D eigenvalue weighted by atomic mass is 16.5. The lowest BCUT2D eigenvalue weighted by molar-refractivity contribution is -0.134. The van der Waals surface area contributed by atoms with Crippen molar-refractivity contribution in [2.75, 3.05) is 20.2 Å². The minimum Gasteiger partial charge on any atom is -0.374 e. The van der Waals surface area contributed by atoms with Crippen LogP contribution in [0.5, 0.6) is 0 Å². The van der Waals surface area contributed by atoms with Crippen LogP contribution in [0.25, 0.3) is 22.0 Å². The molecule has 0 radical (unpaired) electrons. The zero-order valence-electron chi connectivity index (χ0n) is 18.1. The third kappa shape index (κ3) is 3.84. The summed E-state index contributed by atoms with van der Waals surface area (Å²) in [5, 5.41) is 1.15. The van der Waals surface area contributed by atoms with Crippen molar-refractivity contribution in [3.05, 3.63) is 66.4 Å². The lowest BCUT2D eigenvalue weighted by Crippen LogP contribution is -2.44. The average Bonchev–Trinajstić information content (AvgIpc) is 2.83. The topological polar surface area (TPSA) is 42.4 Å². The van der Waals surface area contributed by atoms with Crippen LogP contribution in [0.4, 0.5) is 0 Å². The first-order valence-electron chi connectivity index (χ1n) is 10.8. The van der Waals surface area contributed by atoms with Crippen molar-refractivity contribution in [1.82, 2.24) is 9.88 Å². The Labute approximate surface area is 178 Å². The number of benzene rings is 2. The highest BCUT2D eigenvalue weighted by molar-refractivity contribution is 5.83. The summed E-state index contributed by atoms with van der Waals surface area (Å²) in [4.78, 5) is 18.6. The Morgan fingerprint density at radius 2 is 1.80 bits per heavy atom. The molecule has 1 unspecified atom stereocenters. The van der Waals surface area contributed by atoms with Crippen LogP contribution in [-0.2, 0) is 15.1 Å². The number of aromatic nitrogens is 1. The Hall–Kier alpha value is -2.72. The Bertz CT molecular complexity index is 1020. The van der Waals surface area contributed by atoms with Crippen molar-refractivity contribution >= 4 is 16.8 Å². The monoisotopic (exact) mass is 402 g/mol. The number of rotatable bonds is 5. The number of hydrogen-bond donors (Lipinski definition) is 0. The minimum absolute atomic E-state index is 0.251. The van der Waals surface area contributed by atoms with Crippen molar-refractivity contribution in [1.29, 1.82) is 0 Å². The summed E-state index contributed by atoms with van der Waals surface area (Å²) in [5.41, 5.74) is 4.10. The summed E-state index contributed by atoms with van der Waals surface area (Å²) in [6.45, 7) is 5.75. The molecule has 1 amide bonds. The molecule has 1 aliphatic rings. The number of ether oxygens (including phenoxy) is 1. The van der Waals surface area contributed by atoms with Gasteiger partial charge in [0.2, 0.25) is 5.91 Å². The van der Waals surface area contributed by atoms with Gasteiger partial charge in [0.05, 0.1) is 11.1 Å². The van der Waals surface area contributed by atoms with Gasteiger partial charge in [0.25, 0.3) is 0 Å². The maximum absolute atomic E-state index is 12.0. The summed E-state index contributed by atoms with van der Waals surface area (Å²) < 4.78 is 6.07. The summed E-state index contributed by atoms with van der Waals surface area (Å²) in [6, 6.07) is 19.0. The quantitative estimate of drug-likeness (QED) is 0.573. The van der Waals surface area contributed by atoms with Crippen molar-refractivity contribution < 1.29 is 9.53 Å². The van der Waals surface area contributed by atoms with Gasteiger partial charge in [0.1, 0.15) is 0 Å². The molecular weight excluding hydrogens is 372 g/mol. The zero-order valence-corrected chi connectivity index (χ0v) is 18.1. The molecule has 0 spiro atoms. The largest absolute Gasteiger partial charge is 0.374 e. The van der Waals surface area contributed by atoms with E-state index in [0.29, 0.717) is 12.3 Å². The number of methoxy groups -OCH3 is 1. The summed E-state index contributed by atoms with van der Waals surface area (Å²) >= 11 is 0. The predicted molar refractivity (Wildman–Crippen MR) is 121 cm³/mol. The van der Waals surface area contributed by atoms with E-state index in [1.54, 1.807) is 7.11 Å². The summed E-state index contributed by atoms with van der Waals surface area (Å²) in [6.07, 6.45) is 4.45. The zero-order chi connectivity index (χ0) is 21.1. The molecule has 0 aliphatic carbocycles. The molecule has 2 aromatic carbocycles. The van der Waals surface area contributed by atoms with E-state index in [0.717, 1.165) is 48.0 Å². The van der Waals surface area contributed by atoms with Gasteiger partial charge in [-0.1, -0.05) is 49.4 Å². The first kappa shape index (κ1) is 20.5. The van der Waals surface area contributed by atoms with Crippen LogP contribution in [0, 0.1) is 5.92 Å². The van der Waals surface area contributed by atoms with Crippen LogP contribution in [-0.4, -0.2) is 36.0 Å². The minimum atomic E-state index is -0.360. The van der Waals surface area contributed by atoms with Crippen molar-refractivity contribution in [3.63, 3.8) is 0 Å². The molecule has 0 N–H and O–H groups in total. The Balaban J connectivity index is 1.54. The van der Waals surface area contributed by atoms with Gasteiger partial charge < -0.3 is 9.64 Å². The fourth-order valence-electron chi connectivity index (χ4n) is 4.65. The van der Waals surface area contributed by atoms with Gasteiger partial charge in [-0.2, -0.15) is 0 Å². The van der Waals surface area contributed by atoms with E-state index in [1.165, 1.54) is 5.56 Å². The van der Waals surface area contributed by atoms with Crippen molar-refractivity contribution in [3.8, 4) is 11.1 Å². The Kier molecular flexibility index (Phi) is 5.87. The predicted octanol–water partition coefficient (Wildman–Crippen LogP) is 5.41. The number of carbonyl (C=O) groups is 1.